The van der Waals surface area contributed by atoms with Gasteiger partial charge in [-0.15, -0.1) is 5.10 Å². The first-order valence-electron chi connectivity index (χ1n) is 6.62. The summed E-state index contributed by atoms with van der Waals surface area (Å²) in [4.78, 5) is 15.5. The summed E-state index contributed by atoms with van der Waals surface area (Å²) in [6, 6.07) is 5.10. The van der Waals surface area contributed by atoms with Crippen LogP contribution in [0.1, 0.15) is 38.1 Å². The molecule has 0 aromatic carbocycles. The molecule has 0 bridgehead atoms. The molecular formula is C15H18ClN3O2. The average Bonchev–Trinajstić information content (AvgIpc) is 2.83. The molecule has 0 unspecified atom stereocenters. The molecule has 21 heavy (non-hydrogen) atoms. The fraction of sp³-hybridized carbons (Fsp3) is 0.400. The zero-order valence-electron chi connectivity index (χ0n) is 12.6. The summed E-state index contributed by atoms with van der Waals surface area (Å²) in [5, 5.41) is 4.46. The molecule has 0 N–H and O–H groups in total. The number of ketones is 1. The van der Waals surface area contributed by atoms with Crippen molar-refractivity contribution in [1.29, 1.82) is 0 Å². The Balaban J connectivity index is 2.18. The number of Topliss-reactive ketones (excluding diaryl/α,β-unsaturated/α-hetero) is 1. The summed E-state index contributed by atoms with van der Waals surface area (Å²) in [6.45, 7) is 8.29. The van der Waals surface area contributed by atoms with Gasteiger partial charge in [0.05, 0.1) is 12.2 Å². The third-order valence-corrected chi connectivity index (χ3v) is 2.95. The molecule has 0 fully saturated rings. The number of ether oxygens (including phenoxy) is 1. The lowest BCUT2D eigenvalue weighted by Crippen LogP contribution is -2.17. The number of nitrogens with zero attached hydrogens (tertiary/aromatic N) is 3. The zero-order valence-corrected chi connectivity index (χ0v) is 13.3. The first-order chi connectivity index (χ1) is 9.76. The van der Waals surface area contributed by atoms with Gasteiger partial charge in [0, 0.05) is 12.3 Å². The van der Waals surface area contributed by atoms with Crippen molar-refractivity contribution >= 4 is 17.4 Å². The van der Waals surface area contributed by atoms with Gasteiger partial charge in [-0.3, -0.25) is 4.79 Å². The summed E-state index contributed by atoms with van der Waals surface area (Å²) >= 11 is 6.00. The second-order valence-corrected chi connectivity index (χ2v) is 6.37. The van der Waals surface area contributed by atoms with Gasteiger partial charge < -0.3 is 4.74 Å². The van der Waals surface area contributed by atoms with Crippen molar-refractivity contribution < 1.29 is 9.53 Å². The van der Waals surface area contributed by atoms with Gasteiger partial charge in [0.25, 0.3) is 0 Å². The smallest absolute Gasteiger partial charge is 0.233 e. The first-order valence-corrected chi connectivity index (χ1v) is 7.00. The van der Waals surface area contributed by atoms with Crippen LogP contribution in [0.3, 0.4) is 0 Å². The van der Waals surface area contributed by atoms with Crippen LogP contribution < -0.4 is 4.74 Å². The number of carbonyl (C=O) groups excluding carboxylic acids is 1. The summed E-state index contributed by atoms with van der Waals surface area (Å²) < 4.78 is 7.18. The Bertz CT molecular complexity index is 659. The standard InChI is InChI=1S/C15H18ClN3O2/c1-10(20)11-5-6-12(17-14(11)16)19-8-7-13(18-19)21-9-15(2,3)4/h5-8H,9H2,1-4H3. The molecule has 0 spiro atoms. The predicted molar refractivity (Wildman–Crippen MR) is 81.3 cm³/mol. The molecule has 0 atom stereocenters. The van der Waals surface area contributed by atoms with Gasteiger partial charge in [0.15, 0.2) is 11.6 Å². The van der Waals surface area contributed by atoms with Crippen LogP contribution in [0.15, 0.2) is 24.4 Å². The highest BCUT2D eigenvalue weighted by Crippen LogP contribution is 2.19. The lowest BCUT2D eigenvalue weighted by molar-refractivity contribution is 0.101. The van der Waals surface area contributed by atoms with E-state index in [1.54, 1.807) is 29.1 Å². The summed E-state index contributed by atoms with van der Waals surface area (Å²) in [5.41, 5.74) is 0.464. The Morgan fingerprint density at radius 1 is 1.33 bits per heavy atom. The molecule has 0 saturated carbocycles. The molecule has 0 aliphatic heterocycles. The summed E-state index contributed by atoms with van der Waals surface area (Å²) in [7, 11) is 0. The largest absolute Gasteiger partial charge is 0.476 e. The molecule has 0 aliphatic rings. The van der Waals surface area contributed by atoms with Crippen LogP contribution in [-0.4, -0.2) is 27.2 Å². The second-order valence-electron chi connectivity index (χ2n) is 6.01. The van der Waals surface area contributed by atoms with Gasteiger partial charge in [-0.05, 0) is 24.5 Å². The number of pyridine rings is 1. The van der Waals surface area contributed by atoms with Crippen LogP contribution in [0.5, 0.6) is 5.88 Å². The van der Waals surface area contributed by atoms with E-state index >= 15 is 0 Å². The molecule has 5 nitrogen and oxygen atoms in total. The van der Waals surface area contributed by atoms with Crippen LogP contribution >= 0.6 is 11.6 Å². The van der Waals surface area contributed by atoms with Gasteiger partial charge >= 0.3 is 0 Å². The minimum absolute atomic E-state index is 0.0640. The van der Waals surface area contributed by atoms with E-state index in [2.05, 4.69) is 30.9 Å². The first kappa shape index (κ1) is 15.5. The predicted octanol–water partition coefficient (Wildman–Crippen LogP) is 3.55. The van der Waals surface area contributed by atoms with Crippen molar-refractivity contribution in [3.63, 3.8) is 0 Å². The third-order valence-electron chi connectivity index (χ3n) is 2.67. The SMILES string of the molecule is CC(=O)c1ccc(-n2ccc(OCC(C)(C)C)n2)nc1Cl. The number of hydrogen-bond donors (Lipinski definition) is 0. The van der Waals surface area contributed by atoms with E-state index in [0.29, 0.717) is 23.9 Å². The number of carbonyl (C=O) groups is 1. The van der Waals surface area contributed by atoms with Gasteiger partial charge in [-0.25, -0.2) is 9.67 Å². The minimum atomic E-state index is -0.117. The number of hydrogen-bond acceptors (Lipinski definition) is 4. The Hall–Kier alpha value is -1.88. The summed E-state index contributed by atoms with van der Waals surface area (Å²) in [5.74, 6) is 0.947. The van der Waals surface area contributed by atoms with E-state index in [1.165, 1.54) is 6.92 Å². The van der Waals surface area contributed by atoms with Crippen molar-refractivity contribution in [1.82, 2.24) is 14.8 Å². The van der Waals surface area contributed by atoms with Gasteiger partial charge in [0.1, 0.15) is 5.15 Å². The van der Waals surface area contributed by atoms with Crippen LogP contribution in [-0.2, 0) is 0 Å². The van der Waals surface area contributed by atoms with Crippen LogP contribution in [0.25, 0.3) is 5.82 Å². The van der Waals surface area contributed by atoms with E-state index in [0.717, 1.165) is 0 Å². The molecule has 2 rings (SSSR count). The maximum atomic E-state index is 11.3. The van der Waals surface area contributed by atoms with Crippen molar-refractivity contribution in [3.8, 4) is 11.7 Å². The summed E-state index contributed by atoms with van der Waals surface area (Å²) in [6.07, 6.45) is 1.74. The van der Waals surface area contributed by atoms with Crippen LogP contribution in [0, 0.1) is 5.41 Å². The van der Waals surface area contributed by atoms with E-state index in [1.807, 2.05) is 0 Å². The molecule has 2 heterocycles. The topological polar surface area (TPSA) is 57.0 Å². The lowest BCUT2D eigenvalue weighted by atomic mass is 9.99. The van der Waals surface area contributed by atoms with Gasteiger partial charge in [0.2, 0.25) is 5.88 Å². The Kier molecular flexibility index (Phi) is 4.32. The fourth-order valence-electron chi connectivity index (χ4n) is 1.62. The molecular weight excluding hydrogens is 290 g/mol. The molecule has 0 saturated heterocycles. The molecule has 2 aromatic rings. The number of rotatable bonds is 4. The number of aromatic nitrogens is 3. The average molecular weight is 308 g/mol. The number of halogens is 1. The highest BCUT2D eigenvalue weighted by Gasteiger charge is 2.13. The molecule has 0 radical (unpaired) electrons. The maximum Gasteiger partial charge on any atom is 0.233 e. The normalized spacial score (nSPS) is 11.5. The monoisotopic (exact) mass is 307 g/mol. The quantitative estimate of drug-likeness (QED) is 0.640. The van der Waals surface area contributed by atoms with E-state index in [4.69, 9.17) is 16.3 Å². The van der Waals surface area contributed by atoms with E-state index in [9.17, 15) is 4.79 Å². The molecule has 112 valence electrons. The Morgan fingerprint density at radius 3 is 2.62 bits per heavy atom. The maximum absolute atomic E-state index is 11.3. The Labute approximate surface area is 128 Å². The van der Waals surface area contributed by atoms with Crippen LogP contribution in [0.4, 0.5) is 0 Å². The lowest BCUT2D eigenvalue weighted by Gasteiger charge is -2.17. The second kappa shape index (κ2) is 5.85. The van der Waals surface area contributed by atoms with Crippen molar-refractivity contribution in [2.75, 3.05) is 6.61 Å². The third kappa shape index (κ3) is 4.04. The molecule has 6 heteroatoms. The van der Waals surface area contributed by atoms with Gasteiger partial charge in [-0.2, -0.15) is 0 Å². The van der Waals surface area contributed by atoms with E-state index < -0.39 is 0 Å². The fourth-order valence-corrected chi connectivity index (χ4v) is 1.90. The van der Waals surface area contributed by atoms with Crippen molar-refractivity contribution in [3.05, 3.63) is 35.1 Å². The van der Waals surface area contributed by atoms with Gasteiger partial charge in [-0.1, -0.05) is 32.4 Å². The zero-order chi connectivity index (χ0) is 15.6. The van der Waals surface area contributed by atoms with Crippen LogP contribution in [0.2, 0.25) is 5.15 Å². The molecule has 0 aliphatic carbocycles. The van der Waals surface area contributed by atoms with E-state index in [-0.39, 0.29) is 16.4 Å². The van der Waals surface area contributed by atoms with Crippen molar-refractivity contribution in [2.45, 2.75) is 27.7 Å². The minimum Gasteiger partial charge on any atom is -0.476 e. The molecule has 2 aromatic heterocycles. The molecule has 0 amide bonds. The highest BCUT2D eigenvalue weighted by atomic mass is 35.5. The highest BCUT2D eigenvalue weighted by molar-refractivity contribution is 6.32. The van der Waals surface area contributed by atoms with Crippen molar-refractivity contribution in [2.24, 2.45) is 5.41 Å². The Morgan fingerprint density at radius 2 is 2.05 bits per heavy atom.